The Morgan fingerprint density at radius 2 is 2.12 bits per heavy atom. The smallest absolute Gasteiger partial charge is 0.279 e. The van der Waals surface area contributed by atoms with Gasteiger partial charge in [0, 0.05) is 25.7 Å². The van der Waals surface area contributed by atoms with Crippen molar-refractivity contribution in [3.63, 3.8) is 0 Å². The van der Waals surface area contributed by atoms with Crippen molar-refractivity contribution in [3.05, 3.63) is 0 Å². The number of hydrogen-bond acceptors (Lipinski definition) is 3. The third kappa shape index (κ3) is 4.21. The van der Waals surface area contributed by atoms with Crippen LogP contribution in [0.25, 0.3) is 0 Å². The number of nitrogens with zero attached hydrogens (tertiary/aromatic N) is 1. The van der Waals surface area contributed by atoms with E-state index in [0.29, 0.717) is 25.6 Å². The number of nitrogens with one attached hydrogen (secondary N) is 1. The molecular weight excluding hydrogens is 238 g/mol. The van der Waals surface area contributed by atoms with Crippen LogP contribution in [0.3, 0.4) is 0 Å². The van der Waals surface area contributed by atoms with Gasteiger partial charge in [0.05, 0.1) is 0 Å². The summed E-state index contributed by atoms with van der Waals surface area (Å²) in [7, 11) is -3.32. The van der Waals surface area contributed by atoms with Gasteiger partial charge in [-0.15, -0.1) is 0 Å². The Labute approximate surface area is 105 Å². The summed E-state index contributed by atoms with van der Waals surface area (Å²) in [5.74, 6) is 0.596. The van der Waals surface area contributed by atoms with E-state index in [1.54, 1.807) is 0 Å². The molecule has 1 fully saturated rings. The molecule has 3 N–H and O–H groups in total. The first kappa shape index (κ1) is 14.9. The molecule has 102 valence electrons. The van der Waals surface area contributed by atoms with Crippen LogP contribution >= 0.6 is 0 Å². The van der Waals surface area contributed by atoms with Crippen LogP contribution in [0.4, 0.5) is 0 Å². The Balaban J connectivity index is 2.60. The summed E-state index contributed by atoms with van der Waals surface area (Å²) >= 11 is 0. The summed E-state index contributed by atoms with van der Waals surface area (Å²) in [6.07, 6.45) is 1.68. The SMILES string of the molecule is CCC1CN(S(=O)(=O)NCC(C)C)CCC1N. The molecule has 0 aromatic heterocycles. The molecule has 17 heavy (non-hydrogen) atoms. The highest BCUT2D eigenvalue weighted by Gasteiger charge is 2.31. The molecule has 0 amide bonds. The fourth-order valence-electron chi connectivity index (χ4n) is 2.03. The zero-order chi connectivity index (χ0) is 13.1. The third-order valence-electron chi connectivity index (χ3n) is 3.29. The van der Waals surface area contributed by atoms with Crippen molar-refractivity contribution in [2.24, 2.45) is 17.6 Å². The molecule has 1 heterocycles. The van der Waals surface area contributed by atoms with E-state index in [1.165, 1.54) is 4.31 Å². The zero-order valence-electron chi connectivity index (χ0n) is 11.0. The summed E-state index contributed by atoms with van der Waals surface area (Å²) in [6.45, 7) is 7.60. The quantitative estimate of drug-likeness (QED) is 0.760. The molecule has 1 saturated heterocycles. The van der Waals surface area contributed by atoms with Crippen LogP contribution in [0.5, 0.6) is 0 Å². The van der Waals surface area contributed by atoms with Crippen molar-refractivity contribution in [2.75, 3.05) is 19.6 Å². The highest BCUT2D eigenvalue weighted by atomic mass is 32.2. The minimum atomic E-state index is -3.32. The van der Waals surface area contributed by atoms with Gasteiger partial charge in [0.2, 0.25) is 0 Å². The molecule has 5 nitrogen and oxygen atoms in total. The first-order valence-corrected chi connectivity index (χ1v) is 7.81. The molecule has 0 radical (unpaired) electrons. The molecule has 0 aromatic carbocycles. The summed E-state index contributed by atoms with van der Waals surface area (Å²) in [6, 6.07) is 0.136. The fraction of sp³-hybridized carbons (Fsp3) is 1.00. The molecule has 0 bridgehead atoms. The van der Waals surface area contributed by atoms with Crippen LogP contribution in [0, 0.1) is 11.8 Å². The van der Waals surface area contributed by atoms with Gasteiger partial charge in [-0.1, -0.05) is 27.2 Å². The van der Waals surface area contributed by atoms with Crippen molar-refractivity contribution < 1.29 is 8.42 Å². The van der Waals surface area contributed by atoms with Gasteiger partial charge >= 0.3 is 0 Å². The molecule has 0 spiro atoms. The van der Waals surface area contributed by atoms with Crippen LogP contribution in [-0.2, 0) is 10.2 Å². The molecule has 0 aromatic rings. The minimum Gasteiger partial charge on any atom is -0.327 e. The molecule has 6 heteroatoms. The number of nitrogens with two attached hydrogens (primary N) is 1. The van der Waals surface area contributed by atoms with Crippen molar-refractivity contribution in [3.8, 4) is 0 Å². The van der Waals surface area contributed by atoms with Crippen LogP contribution in [-0.4, -0.2) is 38.4 Å². The fourth-order valence-corrected chi connectivity index (χ4v) is 3.49. The van der Waals surface area contributed by atoms with Crippen molar-refractivity contribution >= 4 is 10.2 Å². The van der Waals surface area contributed by atoms with Gasteiger partial charge in [0.15, 0.2) is 0 Å². The second-order valence-electron chi connectivity index (χ2n) is 5.23. The third-order valence-corrected chi connectivity index (χ3v) is 4.84. The van der Waals surface area contributed by atoms with Gasteiger partial charge < -0.3 is 5.73 Å². The lowest BCUT2D eigenvalue weighted by molar-refractivity contribution is 0.228. The maximum absolute atomic E-state index is 12.0. The minimum absolute atomic E-state index is 0.136. The largest absolute Gasteiger partial charge is 0.327 e. The summed E-state index contributed by atoms with van der Waals surface area (Å²) in [5.41, 5.74) is 5.98. The lowest BCUT2D eigenvalue weighted by Crippen LogP contribution is -2.52. The highest BCUT2D eigenvalue weighted by Crippen LogP contribution is 2.20. The van der Waals surface area contributed by atoms with E-state index in [2.05, 4.69) is 11.6 Å². The van der Waals surface area contributed by atoms with E-state index in [0.717, 1.165) is 12.8 Å². The summed E-state index contributed by atoms with van der Waals surface area (Å²) in [5, 5.41) is 0. The second kappa shape index (κ2) is 6.13. The van der Waals surface area contributed by atoms with Crippen LogP contribution in [0.1, 0.15) is 33.6 Å². The van der Waals surface area contributed by atoms with Gasteiger partial charge in [0.1, 0.15) is 0 Å². The Morgan fingerprint density at radius 1 is 1.47 bits per heavy atom. The summed E-state index contributed by atoms with van der Waals surface area (Å²) in [4.78, 5) is 0. The number of hydrogen-bond donors (Lipinski definition) is 2. The standard InChI is InChI=1S/C11H25N3O2S/c1-4-10-8-14(6-5-11(10)12)17(15,16)13-7-9(2)3/h9-11,13H,4-8,12H2,1-3H3. The Bertz CT molecular complexity index is 330. The lowest BCUT2D eigenvalue weighted by atomic mass is 9.92. The predicted molar refractivity (Wildman–Crippen MR) is 69.7 cm³/mol. The van der Waals surface area contributed by atoms with Gasteiger partial charge in [-0.3, -0.25) is 0 Å². The molecule has 1 aliphatic heterocycles. The average molecular weight is 263 g/mol. The first-order chi connectivity index (χ1) is 7.86. The molecule has 0 saturated carbocycles. The van der Waals surface area contributed by atoms with E-state index >= 15 is 0 Å². The topological polar surface area (TPSA) is 75.4 Å². The van der Waals surface area contributed by atoms with Crippen molar-refractivity contribution in [1.29, 1.82) is 0 Å². The van der Waals surface area contributed by atoms with Crippen molar-refractivity contribution in [1.82, 2.24) is 9.03 Å². The molecule has 1 aliphatic rings. The van der Waals surface area contributed by atoms with E-state index in [9.17, 15) is 8.42 Å². The molecule has 2 unspecified atom stereocenters. The Hall–Kier alpha value is -0.170. The highest BCUT2D eigenvalue weighted by molar-refractivity contribution is 7.87. The van der Waals surface area contributed by atoms with Crippen LogP contribution in [0.15, 0.2) is 0 Å². The first-order valence-electron chi connectivity index (χ1n) is 6.37. The lowest BCUT2D eigenvalue weighted by Gasteiger charge is -2.35. The Kier molecular flexibility index (Phi) is 5.37. The summed E-state index contributed by atoms with van der Waals surface area (Å²) < 4.78 is 28.2. The number of rotatable bonds is 5. The molecule has 0 aliphatic carbocycles. The van der Waals surface area contributed by atoms with E-state index in [1.807, 2.05) is 13.8 Å². The van der Waals surface area contributed by atoms with E-state index in [4.69, 9.17) is 5.73 Å². The van der Waals surface area contributed by atoms with E-state index < -0.39 is 10.2 Å². The van der Waals surface area contributed by atoms with Crippen LogP contribution in [0.2, 0.25) is 0 Å². The Morgan fingerprint density at radius 3 is 2.65 bits per heavy atom. The van der Waals surface area contributed by atoms with Gasteiger partial charge in [-0.25, -0.2) is 4.72 Å². The van der Waals surface area contributed by atoms with Crippen LogP contribution < -0.4 is 10.5 Å². The van der Waals surface area contributed by atoms with Gasteiger partial charge in [0.25, 0.3) is 10.2 Å². The maximum Gasteiger partial charge on any atom is 0.279 e. The number of piperidine rings is 1. The second-order valence-corrected chi connectivity index (χ2v) is 6.98. The average Bonchev–Trinajstić information content (AvgIpc) is 2.27. The van der Waals surface area contributed by atoms with Gasteiger partial charge in [-0.2, -0.15) is 12.7 Å². The normalized spacial score (nSPS) is 27.6. The molecule has 1 rings (SSSR count). The molecule has 2 atom stereocenters. The van der Waals surface area contributed by atoms with Gasteiger partial charge in [-0.05, 0) is 18.3 Å². The zero-order valence-corrected chi connectivity index (χ0v) is 11.8. The van der Waals surface area contributed by atoms with Crippen molar-refractivity contribution in [2.45, 2.75) is 39.7 Å². The predicted octanol–water partition coefficient (Wildman–Crippen LogP) is 0.536. The monoisotopic (exact) mass is 263 g/mol. The van der Waals surface area contributed by atoms with E-state index in [-0.39, 0.29) is 12.0 Å². The maximum atomic E-state index is 12.0. The molecular formula is C11H25N3O2S.